The van der Waals surface area contributed by atoms with Gasteiger partial charge in [-0.1, -0.05) is 28.9 Å². The Morgan fingerprint density at radius 2 is 1.86 bits per heavy atom. The molecule has 0 atom stereocenters. The van der Waals surface area contributed by atoms with Gasteiger partial charge in [-0.2, -0.15) is 0 Å². The zero-order chi connectivity index (χ0) is 20.5. The largest absolute Gasteiger partial charge is 0.494 e. The average Bonchev–Trinajstić information content (AvgIpc) is 3.19. The lowest BCUT2D eigenvalue weighted by atomic mass is 10.1. The Morgan fingerprint density at radius 1 is 1.10 bits per heavy atom. The molecular weight excluding hydrogens is 388 g/mol. The quantitative estimate of drug-likeness (QED) is 0.504. The van der Waals surface area contributed by atoms with Crippen LogP contribution >= 0.6 is 11.6 Å². The van der Waals surface area contributed by atoms with E-state index in [0.29, 0.717) is 26.0 Å². The van der Waals surface area contributed by atoms with Gasteiger partial charge in [0.05, 0.1) is 12.3 Å². The summed E-state index contributed by atoms with van der Waals surface area (Å²) in [6, 6.07) is 17.3. The van der Waals surface area contributed by atoms with E-state index in [1.165, 1.54) is 0 Å². The maximum atomic E-state index is 12.0. The standard InChI is InChI=1S/C23H25ClN2O3/c1-2-28-21-12-8-18(9-13-21)22-16-20(26-29-22)4-3-5-23(27)25-15-14-17-6-10-19(24)11-7-17/h6-13,16H,2-5,14-15H2,1H3,(H,25,27). The summed E-state index contributed by atoms with van der Waals surface area (Å²) in [6.45, 7) is 3.21. The van der Waals surface area contributed by atoms with Crippen LogP contribution in [0.15, 0.2) is 59.1 Å². The van der Waals surface area contributed by atoms with Crippen LogP contribution in [0.3, 0.4) is 0 Å². The van der Waals surface area contributed by atoms with Gasteiger partial charge < -0.3 is 14.6 Å². The molecule has 0 aliphatic heterocycles. The van der Waals surface area contributed by atoms with E-state index < -0.39 is 0 Å². The minimum absolute atomic E-state index is 0.0502. The van der Waals surface area contributed by atoms with Crippen molar-refractivity contribution in [3.63, 3.8) is 0 Å². The molecule has 29 heavy (non-hydrogen) atoms. The van der Waals surface area contributed by atoms with Crippen molar-refractivity contribution in [2.75, 3.05) is 13.2 Å². The molecule has 1 aromatic heterocycles. The van der Waals surface area contributed by atoms with Crippen molar-refractivity contribution in [2.45, 2.75) is 32.6 Å². The lowest BCUT2D eigenvalue weighted by Gasteiger charge is -2.05. The van der Waals surface area contributed by atoms with E-state index in [4.69, 9.17) is 20.9 Å². The monoisotopic (exact) mass is 412 g/mol. The van der Waals surface area contributed by atoms with Crippen LogP contribution in [0.25, 0.3) is 11.3 Å². The molecule has 0 fully saturated rings. The van der Waals surface area contributed by atoms with Crippen LogP contribution in [0.2, 0.25) is 5.02 Å². The maximum Gasteiger partial charge on any atom is 0.220 e. The van der Waals surface area contributed by atoms with Crippen LogP contribution in [-0.2, 0) is 17.6 Å². The fraction of sp³-hybridized carbons (Fsp3) is 0.304. The number of carbonyl (C=O) groups is 1. The van der Waals surface area contributed by atoms with E-state index >= 15 is 0 Å². The first-order valence-corrected chi connectivity index (χ1v) is 10.2. The maximum absolute atomic E-state index is 12.0. The topological polar surface area (TPSA) is 64.4 Å². The van der Waals surface area contributed by atoms with E-state index in [1.807, 2.05) is 61.5 Å². The predicted molar refractivity (Wildman–Crippen MR) is 114 cm³/mol. The molecule has 6 heteroatoms. The summed E-state index contributed by atoms with van der Waals surface area (Å²) in [5.74, 6) is 1.60. The van der Waals surface area contributed by atoms with Gasteiger partial charge in [-0.25, -0.2) is 0 Å². The van der Waals surface area contributed by atoms with Crippen LogP contribution in [0.5, 0.6) is 5.75 Å². The molecule has 0 aliphatic rings. The lowest BCUT2D eigenvalue weighted by Crippen LogP contribution is -2.25. The predicted octanol–water partition coefficient (Wildman–Crippen LogP) is 5.08. The van der Waals surface area contributed by atoms with Gasteiger partial charge in [0.2, 0.25) is 5.91 Å². The number of aryl methyl sites for hydroxylation is 1. The fourth-order valence-electron chi connectivity index (χ4n) is 2.96. The van der Waals surface area contributed by atoms with Gasteiger partial charge in [-0.05, 0) is 68.1 Å². The van der Waals surface area contributed by atoms with E-state index in [9.17, 15) is 4.79 Å². The summed E-state index contributed by atoms with van der Waals surface area (Å²) < 4.78 is 10.9. The number of benzene rings is 2. The minimum atomic E-state index is 0.0502. The van der Waals surface area contributed by atoms with Crippen LogP contribution in [0.4, 0.5) is 0 Å². The number of halogens is 1. The van der Waals surface area contributed by atoms with Crippen molar-refractivity contribution in [1.82, 2.24) is 10.5 Å². The number of carbonyl (C=O) groups excluding carboxylic acids is 1. The first kappa shape index (κ1) is 20.9. The van der Waals surface area contributed by atoms with Gasteiger partial charge in [-0.15, -0.1) is 0 Å². The molecule has 0 saturated carbocycles. The Balaban J connectivity index is 1.38. The van der Waals surface area contributed by atoms with Crippen molar-refractivity contribution < 1.29 is 14.1 Å². The van der Waals surface area contributed by atoms with Crippen molar-refractivity contribution in [3.05, 3.63) is 70.9 Å². The Hall–Kier alpha value is -2.79. The Labute approximate surface area is 176 Å². The molecule has 152 valence electrons. The van der Waals surface area contributed by atoms with Crippen molar-refractivity contribution in [2.24, 2.45) is 0 Å². The van der Waals surface area contributed by atoms with Crippen LogP contribution in [0.1, 0.15) is 31.0 Å². The summed E-state index contributed by atoms with van der Waals surface area (Å²) in [5.41, 5.74) is 2.95. The highest BCUT2D eigenvalue weighted by Gasteiger charge is 2.08. The van der Waals surface area contributed by atoms with Gasteiger partial charge in [0.15, 0.2) is 5.76 Å². The zero-order valence-corrected chi connectivity index (χ0v) is 17.2. The molecular formula is C23H25ClN2O3. The summed E-state index contributed by atoms with van der Waals surface area (Å²) in [7, 11) is 0. The number of nitrogens with zero attached hydrogens (tertiary/aromatic N) is 1. The molecule has 0 bridgehead atoms. The molecule has 0 unspecified atom stereocenters. The molecule has 3 rings (SSSR count). The summed E-state index contributed by atoms with van der Waals surface area (Å²) in [6.07, 6.45) is 2.68. The van der Waals surface area contributed by atoms with Gasteiger partial charge in [0.1, 0.15) is 5.75 Å². The van der Waals surface area contributed by atoms with Gasteiger partial charge >= 0.3 is 0 Å². The van der Waals surface area contributed by atoms with Crippen molar-refractivity contribution in [3.8, 4) is 17.1 Å². The van der Waals surface area contributed by atoms with Gasteiger partial charge in [0.25, 0.3) is 0 Å². The van der Waals surface area contributed by atoms with Crippen LogP contribution in [-0.4, -0.2) is 24.2 Å². The van der Waals surface area contributed by atoms with Gasteiger partial charge in [0, 0.05) is 29.6 Å². The van der Waals surface area contributed by atoms with E-state index in [1.54, 1.807) is 0 Å². The lowest BCUT2D eigenvalue weighted by molar-refractivity contribution is -0.121. The highest BCUT2D eigenvalue weighted by atomic mass is 35.5. The molecule has 5 nitrogen and oxygen atoms in total. The first-order chi connectivity index (χ1) is 14.1. The first-order valence-electron chi connectivity index (χ1n) is 9.84. The highest BCUT2D eigenvalue weighted by Crippen LogP contribution is 2.23. The molecule has 0 saturated heterocycles. The summed E-state index contributed by atoms with van der Waals surface area (Å²) in [5, 5.41) is 7.78. The zero-order valence-electron chi connectivity index (χ0n) is 16.5. The Kier molecular flexibility index (Phi) is 7.70. The van der Waals surface area contributed by atoms with E-state index in [2.05, 4.69) is 10.5 Å². The smallest absolute Gasteiger partial charge is 0.220 e. The van der Waals surface area contributed by atoms with E-state index in [-0.39, 0.29) is 5.91 Å². The second-order valence-electron chi connectivity index (χ2n) is 6.72. The number of rotatable bonds is 10. The third kappa shape index (κ3) is 6.64. The number of aromatic nitrogens is 1. The third-order valence-corrected chi connectivity index (χ3v) is 4.75. The normalized spacial score (nSPS) is 10.7. The van der Waals surface area contributed by atoms with Gasteiger partial charge in [-0.3, -0.25) is 4.79 Å². The Morgan fingerprint density at radius 3 is 2.59 bits per heavy atom. The molecule has 1 N–H and O–H groups in total. The molecule has 1 heterocycles. The number of hydrogen-bond donors (Lipinski definition) is 1. The molecule has 0 spiro atoms. The molecule has 2 aromatic carbocycles. The number of nitrogens with one attached hydrogen (secondary N) is 1. The molecule has 0 radical (unpaired) electrons. The second kappa shape index (κ2) is 10.7. The van der Waals surface area contributed by atoms with E-state index in [0.717, 1.165) is 46.2 Å². The number of ether oxygens (including phenoxy) is 1. The molecule has 3 aromatic rings. The molecule has 1 amide bonds. The summed E-state index contributed by atoms with van der Waals surface area (Å²) in [4.78, 5) is 12.0. The van der Waals surface area contributed by atoms with Crippen LogP contribution in [0, 0.1) is 0 Å². The Bertz CT molecular complexity index is 905. The van der Waals surface area contributed by atoms with Crippen molar-refractivity contribution in [1.29, 1.82) is 0 Å². The molecule has 0 aliphatic carbocycles. The second-order valence-corrected chi connectivity index (χ2v) is 7.16. The number of amides is 1. The minimum Gasteiger partial charge on any atom is -0.494 e. The summed E-state index contributed by atoms with van der Waals surface area (Å²) >= 11 is 5.87. The van der Waals surface area contributed by atoms with Crippen LogP contribution < -0.4 is 10.1 Å². The fourth-order valence-corrected chi connectivity index (χ4v) is 3.09. The highest BCUT2D eigenvalue weighted by molar-refractivity contribution is 6.30. The van der Waals surface area contributed by atoms with Crippen molar-refractivity contribution >= 4 is 17.5 Å². The SMILES string of the molecule is CCOc1ccc(-c2cc(CCCC(=O)NCCc3ccc(Cl)cc3)no2)cc1. The third-order valence-electron chi connectivity index (χ3n) is 4.49. The number of hydrogen-bond acceptors (Lipinski definition) is 4. The average molecular weight is 413 g/mol.